The van der Waals surface area contributed by atoms with Crippen LogP contribution in [0.25, 0.3) is 10.9 Å². The van der Waals surface area contributed by atoms with E-state index in [1.165, 1.54) is 24.3 Å². The van der Waals surface area contributed by atoms with E-state index in [-0.39, 0.29) is 28.2 Å². The molecular weight excluding hydrogens is 325 g/mol. The fourth-order valence-corrected chi connectivity index (χ4v) is 2.08. The Morgan fingerprint density at radius 3 is 2.62 bits per heavy atom. The summed E-state index contributed by atoms with van der Waals surface area (Å²) < 4.78 is 44.3. The lowest BCUT2D eigenvalue weighted by Gasteiger charge is -2.10. The van der Waals surface area contributed by atoms with E-state index in [0.717, 1.165) is 18.6 Å². The molecule has 3 aromatic rings. The number of carbonyl (C=O) groups excluding carboxylic acids is 1. The number of pyridine rings is 1. The number of para-hydroxylation sites is 1. The van der Waals surface area contributed by atoms with Crippen molar-refractivity contribution in [1.82, 2.24) is 15.0 Å². The summed E-state index contributed by atoms with van der Waals surface area (Å²) >= 11 is 0. The van der Waals surface area contributed by atoms with Crippen molar-refractivity contribution >= 4 is 16.8 Å². The van der Waals surface area contributed by atoms with Crippen LogP contribution in [-0.2, 0) is 6.18 Å². The number of alkyl halides is 3. The van der Waals surface area contributed by atoms with Gasteiger partial charge in [0.15, 0.2) is 0 Å². The predicted octanol–water partition coefficient (Wildman–Crippen LogP) is 2.93. The molecule has 0 saturated heterocycles. The summed E-state index contributed by atoms with van der Waals surface area (Å²) in [7, 11) is 0. The van der Waals surface area contributed by atoms with Crippen molar-refractivity contribution in [3.05, 3.63) is 54.1 Å². The molecule has 0 fully saturated rings. The molecule has 2 aromatic heterocycles. The maximum atomic E-state index is 13.0. The van der Waals surface area contributed by atoms with Gasteiger partial charge in [-0.2, -0.15) is 13.2 Å². The molecule has 24 heavy (non-hydrogen) atoms. The Kier molecular flexibility index (Phi) is 3.76. The maximum Gasteiger partial charge on any atom is 0.418 e. The van der Waals surface area contributed by atoms with Crippen molar-refractivity contribution in [3.63, 3.8) is 0 Å². The summed E-state index contributed by atoms with van der Waals surface area (Å²) in [5.74, 6) is -0.573. The summed E-state index contributed by atoms with van der Waals surface area (Å²) in [6.45, 7) is 0. The van der Waals surface area contributed by atoms with Crippen LogP contribution in [0.2, 0.25) is 0 Å². The van der Waals surface area contributed by atoms with Crippen molar-refractivity contribution in [2.24, 2.45) is 5.73 Å². The molecule has 0 radical (unpaired) electrons. The van der Waals surface area contributed by atoms with Gasteiger partial charge in [0.05, 0.1) is 17.3 Å². The van der Waals surface area contributed by atoms with Crippen molar-refractivity contribution in [3.8, 4) is 11.6 Å². The number of carbonyl (C=O) groups is 1. The lowest BCUT2D eigenvalue weighted by atomic mass is 10.1. The lowest BCUT2D eigenvalue weighted by molar-refractivity contribution is -0.136. The molecular formula is C15H9F3N4O2. The van der Waals surface area contributed by atoms with Crippen molar-refractivity contribution in [1.29, 1.82) is 0 Å². The first-order chi connectivity index (χ1) is 11.3. The van der Waals surface area contributed by atoms with Gasteiger partial charge >= 0.3 is 6.18 Å². The number of fused-ring (bicyclic) bond motifs is 1. The number of nitrogens with zero attached hydrogens (tertiary/aromatic N) is 3. The smallest absolute Gasteiger partial charge is 0.418 e. The highest BCUT2D eigenvalue weighted by molar-refractivity contribution is 5.90. The van der Waals surface area contributed by atoms with E-state index in [4.69, 9.17) is 10.5 Å². The molecule has 0 unspecified atom stereocenters. The number of rotatable bonds is 3. The molecule has 0 aliphatic carbocycles. The lowest BCUT2D eigenvalue weighted by Crippen LogP contribution is -2.13. The summed E-state index contributed by atoms with van der Waals surface area (Å²) in [5.41, 5.74) is 4.04. The van der Waals surface area contributed by atoms with Crippen LogP contribution >= 0.6 is 0 Å². The molecule has 122 valence electrons. The zero-order valence-corrected chi connectivity index (χ0v) is 11.9. The SMILES string of the molecule is NC(=O)c1cc(Oc2cnc3c(C(F)(F)F)cccc3c2)ncn1. The Morgan fingerprint density at radius 2 is 1.92 bits per heavy atom. The third-order valence-electron chi connectivity index (χ3n) is 3.11. The molecule has 0 aliphatic heterocycles. The van der Waals surface area contributed by atoms with Crippen LogP contribution in [0, 0.1) is 0 Å². The second kappa shape index (κ2) is 5.76. The maximum absolute atomic E-state index is 13.0. The van der Waals surface area contributed by atoms with Crippen LogP contribution in [-0.4, -0.2) is 20.9 Å². The fourth-order valence-electron chi connectivity index (χ4n) is 2.08. The van der Waals surface area contributed by atoms with Crippen LogP contribution in [0.3, 0.4) is 0 Å². The third kappa shape index (κ3) is 3.09. The largest absolute Gasteiger partial charge is 0.437 e. The van der Waals surface area contributed by atoms with Gasteiger partial charge in [0.25, 0.3) is 5.91 Å². The van der Waals surface area contributed by atoms with E-state index in [1.807, 2.05) is 0 Å². The molecule has 3 rings (SSSR count). The molecule has 2 N–H and O–H groups in total. The number of hydrogen-bond acceptors (Lipinski definition) is 5. The minimum atomic E-state index is -4.50. The Balaban J connectivity index is 1.97. The van der Waals surface area contributed by atoms with E-state index in [2.05, 4.69) is 15.0 Å². The first-order valence-corrected chi connectivity index (χ1v) is 6.60. The zero-order valence-electron chi connectivity index (χ0n) is 11.9. The van der Waals surface area contributed by atoms with Crippen LogP contribution in [0.1, 0.15) is 16.1 Å². The number of aromatic nitrogens is 3. The average molecular weight is 334 g/mol. The van der Waals surface area contributed by atoms with Gasteiger partial charge in [-0.15, -0.1) is 0 Å². The van der Waals surface area contributed by atoms with E-state index in [0.29, 0.717) is 0 Å². The first kappa shape index (κ1) is 15.7. The first-order valence-electron chi connectivity index (χ1n) is 6.60. The molecule has 2 heterocycles. The molecule has 0 spiro atoms. The van der Waals surface area contributed by atoms with Crippen LogP contribution in [0.5, 0.6) is 11.6 Å². The van der Waals surface area contributed by atoms with Crippen LogP contribution in [0.4, 0.5) is 13.2 Å². The minimum Gasteiger partial charge on any atom is -0.437 e. The summed E-state index contributed by atoms with van der Waals surface area (Å²) in [6.07, 6.45) is -2.27. The number of hydrogen-bond donors (Lipinski definition) is 1. The predicted molar refractivity (Wildman–Crippen MR) is 77.4 cm³/mol. The Hall–Kier alpha value is -3.23. The number of amides is 1. The van der Waals surface area contributed by atoms with E-state index < -0.39 is 17.6 Å². The number of primary amides is 1. The van der Waals surface area contributed by atoms with Crippen molar-refractivity contribution in [2.75, 3.05) is 0 Å². The summed E-state index contributed by atoms with van der Waals surface area (Å²) in [4.78, 5) is 22.4. The van der Waals surface area contributed by atoms with Crippen LogP contribution < -0.4 is 10.5 Å². The quantitative estimate of drug-likeness (QED) is 0.795. The molecule has 9 heteroatoms. The van der Waals surface area contributed by atoms with Gasteiger partial charge in [-0.25, -0.2) is 9.97 Å². The molecule has 0 saturated carbocycles. The summed E-state index contributed by atoms with van der Waals surface area (Å²) in [5, 5.41) is 0.256. The topological polar surface area (TPSA) is 91.0 Å². The average Bonchev–Trinajstić information content (AvgIpc) is 2.53. The standard InChI is InChI=1S/C15H9F3N4O2/c16-15(17,18)10-3-1-2-8-4-9(6-20-13(8)10)24-12-5-11(14(19)23)21-7-22-12/h1-7H,(H2,19,23). The fraction of sp³-hybridized carbons (Fsp3) is 0.0667. The molecule has 0 atom stereocenters. The monoisotopic (exact) mass is 334 g/mol. The van der Waals surface area contributed by atoms with E-state index in [1.54, 1.807) is 0 Å². The minimum absolute atomic E-state index is 0.0203. The second-order valence-electron chi connectivity index (χ2n) is 4.75. The zero-order chi connectivity index (χ0) is 17.3. The van der Waals surface area contributed by atoms with Gasteiger partial charge < -0.3 is 10.5 Å². The van der Waals surface area contributed by atoms with Gasteiger partial charge in [-0.1, -0.05) is 12.1 Å². The molecule has 6 nitrogen and oxygen atoms in total. The number of ether oxygens (including phenoxy) is 1. The highest BCUT2D eigenvalue weighted by Crippen LogP contribution is 2.34. The Bertz CT molecular complexity index is 928. The molecule has 0 bridgehead atoms. The van der Waals surface area contributed by atoms with Gasteiger partial charge in [0.1, 0.15) is 17.8 Å². The van der Waals surface area contributed by atoms with Crippen LogP contribution in [0.15, 0.2) is 42.9 Å². The number of halogens is 3. The third-order valence-corrected chi connectivity index (χ3v) is 3.11. The van der Waals surface area contributed by atoms with E-state index >= 15 is 0 Å². The van der Waals surface area contributed by atoms with Gasteiger partial charge in [0.2, 0.25) is 5.88 Å². The Labute approximate surface area is 133 Å². The second-order valence-corrected chi connectivity index (χ2v) is 4.75. The molecule has 1 aromatic carbocycles. The van der Waals surface area contributed by atoms with Gasteiger partial charge in [-0.3, -0.25) is 9.78 Å². The normalized spacial score (nSPS) is 11.5. The van der Waals surface area contributed by atoms with Gasteiger partial charge in [-0.05, 0) is 12.1 Å². The molecule has 1 amide bonds. The van der Waals surface area contributed by atoms with Crippen molar-refractivity contribution in [2.45, 2.75) is 6.18 Å². The molecule has 0 aliphatic rings. The summed E-state index contributed by atoms with van der Waals surface area (Å²) in [6, 6.07) is 6.34. The number of benzene rings is 1. The highest BCUT2D eigenvalue weighted by atomic mass is 19.4. The Morgan fingerprint density at radius 1 is 1.12 bits per heavy atom. The van der Waals surface area contributed by atoms with Crippen molar-refractivity contribution < 1.29 is 22.7 Å². The van der Waals surface area contributed by atoms with Gasteiger partial charge in [0, 0.05) is 11.5 Å². The number of nitrogens with two attached hydrogens (primary N) is 1. The van der Waals surface area contributed by atoms with E-state index in [9.17, 15) is 18.0 Å². The highest BCUT2D eigenvalue weighted by Gasteiger charge is 2.33.